The molecule has 0 bridgehead atoms. The fraction of sp³-hybridized carbons (Fsp3) is 0.370. The van der Waals surface area contributed by atoms with E-state index in [9.17, 15) is 5.53 Å². The molecular formula is C27H23BrCl2N4O3. The molecule has 7 nitrogen and oxygen atoms in total. The molecule has 1 saturated carbocycles. The van der Waals surface area contributed by atoms with Crippen LogP contribution in [0.15, 0.2) is 58.1 Å². The Labute approximate surface area is 232 Å². The van der Waals surface area contributed by atoms with Crippen molar-refractivity contribution in [3.05, 3.63) is 79.1 Å². The third kappa shape index (κ3) is 4.71. The van der Waals surface area contributed by atoms with Crippen LogP contribution in [0.4, 0.5) is 0 Å². The molecule has 10 heteroatoms. The lowest BCUT2D eigenvalue weighted by Crippen LogP contribution is -2.49. The van der Waals surface area contributed by atoms with Gasteiger partial charge in [0.25, 0.3) is 0 Å². The summed E-state index contributed by atoms with van der Waals surface area (Å²) in [5.41, 5.74) is 12.9. The van der Waals surface area contributed by atoms with E-state index in [0.717, 1.165) is 52.4 Å². The predicted molar refractivity (Wildman–Crippen MR) is 146 cm³/mol. The highest BCUT2D eigenvalue weighted by Gasteiger charge is 2.50. The number of halogens is 3. The first-order chi connectivity index (χ1) is 17.9. The molecule has 3 aromatic rings. The second kappa shape index (κ2) is 9.77. The summed E-state index contributed by atoms with van der Waals surface area (Å²) in [5, 5.41) is 5.39. The van der Waals surface area contributed by atoms with Crippen LogP contribution < -0.4 is 4.74 Å². The van der Waals surface area contributed by atoms with Crippen molar-refractivity contribution in [2.24, 2.45) is 5.11 Å². The second-order valence-corrected chi connectivity index (χ2v) is 11.5. The second-order valence-electron chi connectivity index (χ2n) is 9.73. The number of azide groups is 1. The molecule has 3 aliphatic rings. The molecular weight excluding hydrogens is 579 g/mol. The molecule has 0 unspecified atom stereocenters. The van der Waals surface area contributed by atoms with Crippen LogP contribution in [0, 0.1) is 0 Å². The highest BCUT2D eigenvalue weighted by molar-refractivity contribution is 9.10. The van der Waals surface area contributed by atoms with Crippen LogP contribution in [0.3, 0.4) is 0 Å². The number of ether oxygens (including phenoxy) is 3. The summed E-state index contributed by atoms with van der Waals surface area (Å²) in [7, 11) is 0. The van der Waals surface area contributed by atoms with Gasteiger partial charge in [-0.05, 0) is 60.7 Å². The minimum absolute atomic E-state index is 0.416. The zero-order valence-electron chi connectivity index (χ0n) is 19.8. The third-order valence-corrected chi connectivity index (χ3v) is 8.58. The van der Waals surface area contributed by atoms with Crippen LogP contribution in [0.25, 0.3) is 32.8 Å². The summed E-state index contributed by atoms with van der Waals surface area (Å²) in [4.78, 5) is 8.22. The fourth-order valence-corrected chi connectivity index (χ4v) is 6.51. The number of pyridine rings is 1. The summed E-state index contributed by atoms with van der Waals surface area (Å²) in [5.74, 6) is -0.0511. The van der Waals surface area contributed by atoms with Crippen molar-refractivity contribution >= 4 is 39.1 Å². The Morgan fingerprint density at radius 3 is 2.38 bits per heavy atom. The number of aromatic nitrogens is 1. The highest BCUT2D eigenvalue weighted by atomic mass is 79.9. The van der Waals surface area contributed by atoms with Gasteiger partial charge in [0.05, 0.1) is 30.0 Å². The first kappa shape index (κ1) is 25.0. The highest BCUT2D eigenvalue weighted by Crippen LogP contribution is 2.52. The minimum atomic E-state index is -0.523. The number of fused-ring (bicyclic) bond motifs is 1. The van der Waals surface area contributed by atoms with Gasteiger partial charge < -0.3 is 14.2 Å². The van der Waals surface area contributed by atoms with E-state index in [1.165, 1.54) is 0 Å². The van der Waals surface area contributed by atoms with E-state index in [4.69, 9.17) is 42.4 Å². The van der Waals surface area contributed by atoms with Crippen molar-refractivity contribution in [3.63, 3.8) is 0 Å². The molecule has 2 aliphatic heterocycles. The summed E-state index contributed by atoms with van der Waals surface area (Å²) in [6.45, 7) is 1.23. The molecule has 0 amide bonds. The molecule has 2 aromatic carbocycles. The number of benzene rings is 2. The van der Waals surface area contributed by atoms with Crippen molar-refractivity contribution in [1.82, 2.24) is 4.98 Å². The van der Waals surface area contributed by atoms with Crippen LogP contribution in [-0.2, 0) is 9.47 Å². The smallest absolute Gasteiger partial charge is 0.218 e. The van der Waals surface area contributed by atoms with Gasteiger partial charge in [0.1, 0.15) is 5.60 Å². The average Bonchev–Trinajstić information content (AvgIpc) is 3.35. The van der Waals surface area contributed by atoms with Gasteiger partial charge in [0, 0.05) is 43.9 Å². The molecule has 1 saturated heterocycles. The SMILES string of the molecule is [N-]=[N+]=N[C@@H]1CC2(CCC3(CC2)OCCO3)Oc2nc(-c3ccc(Br)cc3Cl)c(-c3ccc(Cl)cc3)cc21. The van der Waals surface area contributed by atoms with Gasteiger partial charge in [0.2, 0.25) is 5.88 Å². The standard InChI is InChI=1S/C27H23BrCl2N4O3/c28-17-3-6-19(22(30)13-17)24-20(16-1-4-18(29)5-2-16)14-21-23(33-34-31)15-26(37-25(21)32-24)7-9-27(10-8-26)35-11-12-36-27/h1-6,13-14,23H,7-12,15H2/t23-/m1/s1. The van der Waals surface area contributed by atoms with Gasteiger partial charge in [0.15, 0.2) is 5.79 Å². The van der Waals surface area contributed by atoms with Gasteiger partial charge in [-0.25, -0.2) is 4.98 Å². The van der Waals surface area contributed by atoms with Crippen molar-refractivity contribution in [2.75, 3.05) is 13.2 Å². The maximum atomic E-state index is 9.43. The lowest BCUT2D eigenvalue weighted by Gasteiger charge is -2.47. The van der Waals surface area contributed by atoms with Gasteiger partial charge in [-0.15, -0.1) is 0 Å². The third-order valence-electron chi connectivity index (χ3n) is 7.52. The first-order valence-electron chi connectivity index (χ1n) is 12.2. The van der Waals surface area contributed by atoms with Gasteiger partial charge >= 0.3 is 0 Å². The number of nitrogens with zero attached hydrogens (tertiary/aromatic N) is 4. The van der Waals surface area contributed by atoms with Crippen LogP contribution in [0.5, 0.6) is 5.88 Å². The molecule has 3 heterocycles. The first-order valence-corrected chi connectivity index (χ1v) is 13.7. The lowest BCUT2D eigenvalue weighted by molar-refractivity contribution is -0.201. The maximum absolute atomic E-state index is 9.43. The quantitative estimate of drug-likeness (QED) is 0.171. The van der Waals surface area contributed by atoms with Crippen molar-refractivity contribution in [2.45, 2.75) is 49.5 Å². The van der Waals surface area contributed by atoms with E-state index in [1.807, 2.05) is 48.5 Å². The van der Waals surface area contributed by atoms with Crippen molar-refractivity contribution in [3.8, 4) is 28.3 Å². The Morgan fingerprint density at radius 1 is 0.973 bits per heavy atom. The van der Waals surface area contributed by atoms with E-state index < -0.39 is 17.4 Å². The van der Waals surface area contributed by atoms with Crippen LogP contribution in [0.1, 0.15) is 43.7 Å². The monoisotopic (exact) mass is 600 g/mol. The lowest BCUT2D eigenvalue weighted by atomic mass is 9.75. The molecule has 0 radical (unpaired) electrons. The number of hydrogen-bond donors (Lipinski definition) is 0. The Bertz CT molecular complexity index is 1400. The summed E-state index contributed by atoms with van der Waals surface area (Å²) >= 11 is 16.4. The molecule has 1 aromatic heterocycles. The van der Waals surface area contributed by atoms with Crippen LogP contribution in [0.2, 0.25) is 10.0 Å². The van der Waals surface area contributed by atoms with Gasteiger partial charge in [-0.3, -0.25) is 0 Å². The molecule has 1 atom stereocenters. The fourth-order valence-electron chi connectivity index (χ4n) is 5.62. The average molecular weight is 602 g/mol. The molecule has 1 aliphatic carbocycles. The summed E-state index contributed by atoms with van der Waals surface area (Å²) in [6, 6.07) is 14.9. The van der Waals surface area contributed by atoms with Crippen molar-refractivity contribution < 1.29 is 14.2 Å². The van der Waals surface area contributed by atoms with Gasteiger partial charge in [-0.2, -0.15) is 0 Å². The summed E-state index contributed by atoms with van der Waals surface area (Å²) < 4.78 is 19.4. The van der Waals surface area contributed by atoms with E-state index in [2.05, 4.69) is 26.0 Å². The summed E-state index contributed by atoms with van der Waals surface area (Å²) in [6.07, 6.45) is 3.46. The number of rotatable bonds is 3. The zero-order chi connectivity index (χ0) is 25.6. The molecule has 2 spiro atoms. The number of hydrogen-bond acceptors (Lipinski definition) is 5. The predicted octanol–water partition coefficient (Wildman–Crippen LogP) is 8.67. The van der Waals surface area contributed by atoms with E-state index >= 15 is 0 Å². The molecule has 190 valence electrons. The Balaban J connectivity index is 1.48. The van der Waals surface area contributed by atoms with Crippen molar-refractivity contribution in [1.29, 1.82) is 0 Å². The van der Waals surface area contributed by atoms with E-state index in [1.54, 1.807) is 0 Å². The zero-order valence-corrected chi connectivity index (χ0v) is 22.9. The topological polar surface area (TPSA) is 89.3 Å². The van der Waals surface area contributed by atoms with E-state index in [0.29, 0.717) is 41.3 Å². The molecule has 37 heavy (non-hydrogen) atoms. The maximum Gasteiger partial charge on any atom is 0.218 e. The van der Waals surface area contributed by atoms with E-state index in [-0.39, 0.29) is 0 Å². The minimum Gasteiger partial charge on any atom is -0.471 e. The molecule has 6 rings (SSSR count). The van der Waals surface area contributed by atoms with Crippen LogP contribution in [-0.4, -0.2) is 29.6 Å². The molecule has 2 fully saturated rings. The van der Waals surface area contributed by atoms with Crippen LogP contribution >= 0.6 is 39.1 Å². The Kier molecular flexibility index (Phi) is 6.60. The van der Waals surface area contributed by atoms with Gasteiger partial charge in [-0.1, -0.05) is 62.4 Å². The Morgan fingerprint density at radius 2 is 1.70 bits per heavy atom. The normalized spacial score (nSPS) is 21.3. The largest absolute Gasteiger partial charge is 0.471 e. The Hall–Kier alpha value is -2.32. The molecule has 0 N–H and O–H groups in total.